The van der Waals surface area contributed by atoms with Crippen LogP contribution in [-0.2, 0) is 19.4 Å². The molecule has 4 aromatic rings. The fraction of sp³-hybridized carbons (Fsp3) is 0.258. The van der Waals surface area contributed by atoms with Crippen LogP contribution >= 0.6 is 0 Å². The van der Waals surface area contributed by atoms with Crippen molar-refractivity contribution in [1.29, 1.82) is 0 Å². The molecule has 0 amide bonds. The third-order valence-corrected chi connectivity index (χ3v) is 6.62. The summed E-state index contributed by atoms with van der Waals surface area (Å²) in [5.74, 6) is 0.924. The third-order valence-electron chi connectivity index (χ3n) is 6.62. The lowest BCUT2D eigenvalue weighted by Crippen LogP contribution is -2.29. The summed E-state index contributed by atoms with van der Waals surface area (Å²) in [6.07, 6.45) is 6.77. The van der Waals surface area contributed by atoms with Crippen molar-refractivity contribution >= 4 is 5.78 Å². The summed E-state index contributed by atoms with van der Waals surface area (Å²) >= 11 is 0. The Hall–Kier alpha value is -3.63. The maximum absolute atomic E-state index is 13.0. The number of carbonyl (C=O) groups excluding carboxylic acids is 1. The van der Waals surface area contributed by atoms with Crippen molar-refractivity contribution < 1.29 is 4.79 Å². The molecule has 0 unspecified atom stereocenters. The molecular formula is C31H31N3O. The number of nitrogens with zero attached hydrogens (tertiary/aromatic N) is 3. The Morgan fingerprint density at radius 1 is 0.771 bits per heavy atom. The number of benzene rings is 3. The van der Waals surface area contributed by atoms with E-state index in [2.05, 4.69) is 46.3 Å². The minimum absolute atomic E-state index is 0.147. The van der Waals surface area contributed by atoms with E-state index in [0.717, 1.165) is 40.3 Å². The molecule has 0 radical (unpaired) electrons. The van der Waals surface area contributed by atoms with Crippen molar-refractivity contribution in [2.75, 3.05) is 13.1 Å². The van der Waals surface area contributed by atoms with Gasteiger partial charge in [-0.1, -0.05) is 85.3 Å². The zero-order valence-corrected chi connectivity index (χ0v) is 20.1. The van der Waals surface area contributed by atoms with Crippen molar-refractivity contribution in [2.45, 2.75) is 38.6 Å². The molecule has 0 atom stereocenters. The highest BCUT2D eigenvalue weighted by Crippen LogP contribution is 2.18. The molecule has 0 spiro atoms. The van der Waals surface area contributed by atoms with E-state index in [1.807, 2.05) is 54.7 Å². The quantitative estimate of drug-likeness (QED) is 0.296. The highest BCUT2D eigenvalue weighted by atomic mass is 16.1. The van der Waals surface area contributed by atoms with Crippen molar-refractivity contribution in [2.24, 2.45) is 0 Å². The third kappa shape index (κ3) is 6.28. The van der Waals surface area contributed by atoms with Crippen LogP contribution in [-0.4, -0.2) is 33.7 Å². The summed E-state index contributed by atoms with van der Waals surface area (Å²) in [6.45, 7) is 3.33. The van der Waals surface area contributed by atoms with Crippen LogP contribution in [0.25, 0.3) is 11.3 Å². The van der Waals surface area contributed by atoms with Crippen molar-refractivity contribution in [3.63, 3.8) is 0 Å². The topological polar surface area (TPSA) is 46.1 Å². The molecule has 0 bridgehead atoms. The van der Waals surface area contributed by atoms with Gasteiger partial charge in [0.1, 0.15) is 5.82 Å². The van der Waals surface area contributed by atoms with E-state index in [-0.39, 0.29) is 5.78 Å². The summed E-state index contributed by atoms with van der Waals surface area (Å²) in [5, 5.41) is 0. The molecule has 3 aromatic carbocycles. The molecule has 0 aliphatic carbocycles. The van der Waals surface area contributed by atoms with Gasteiger partial charge in [-0.05, 0) is 48.7 Å². The first-order valence-electron chi connectivity index (χ1n) is 12.5. The van der Waals surface area contributed by atoms with Crippen LogP contribution in [0.4, 0.5) is 0 Å². The maximum atomic E-state index is 13.0. The molecule has 1 aliphatic heterocycles. The average Bonchev–Trinajstić information content (AvgIpc) is 2.91. The number of hydrogen-bond donors (Lipinski definition) is 0. The number of hydrogen-bond acceptors (Lipinski definition) is 4. The fourth-order valence-corrected chi connectivity index (χ4v) is 4.75. The zero-order valence-electron chi connectivity index (χ0n) is 20.1. The molecule has 1 aliphatic rings. The minimum atomic E-state index is 0.147. The van der Waals surface area contributed by atoms with Crippen LogP contribution in [0.5, 0.6) is 0 Å². The molecule has 176 valence electrons. The van der Waals surface area contributed by atoms with Gasteiger partial charge in [-0.2, -0.15) is 0 Å². The molecule has 0 N–H and O–H groups in total. The molecule has 4 heteroatoms. The van der Waals surface area contributed by atoms with Gasteiger partial charge in [0.25, 0.3) is 0 Å². The van der Waals surface area contributed by atoms with Gasteiger partial charge in [0.2, 0.25) is 0 Å². The van der Waals surface area contributed by atoms with Crippen molar-refractivity contribution in [1.82, 2.24) is 14.9 Å². The van der Waals surface area contributed by atoms with Crippen molar-refractivity contribution in [3.8, 4) is 11.3 Å². The van der Waals surface area contributed by atoms with E-state index < -0.39 is 0 Å². The van der Waals surface area contributed by atoms with Crippen LogP contribution in [0, 0.1) is 0 Å². The van der Waals surface area contributed by atoms with Gasteiger partial charge in [0.05, 0.1) is 5.69 Å². The fourth-order valence-electron chi connectivity index (χ4n) is 4.75. The van der Waals surface area contributed by atoms with Crippen LogP contribution in [0.1, 0.15) is 52.1 Å². The van der Waals surface area contributed by atoms with E-state index in [1.54, 1.807) is 0 Å². The summed E-state index contributed by atoms with van der Waals surface area (Å²) < 4.78 is 0. The van der Waals surface area contributed by atoms with E-state index in [0.29, 0.717) is 12.8 Å². The highest BCUT2D eigenvalue weighted by Gasteiger charge is 2.12. The Labute approximate surface area is 207 Å². The second-order valence-electron chi connectivity index (χ2n) is 9.35. The number of Topliss-reactive ketones (excluding diaryl/α,β-unsaturated/α-hetero) is 1. The summed E-state index contributed by atoms with van der Waals surface area (Å²) in [4.78, 5) is 24.7. The number of ketones is 1. The Balaban J connectivity index is 1.22. The molecule has 4 nitrogen and oxygen atoms in total. The molecule has 1 aromatic heterocycles. The minimum Gasteiger partial charge on any atom is -0.299 e. The Bertz CT molecular complexity index is 1260. The van der Waals surface area contributed by atoms with Gasteiger partial charge in [0.15, 0.2) is 5.78 Å². The summed E-state index contributed by atoms with van der Waals surface area (Å²) in [6, 6.07) is 28.5. The SMILES string of the molecule is O=C(Cc1cccc(Cc2nccc(-c3ccccc3)n2)c1)c1ccc(CN2CCCCC2)cc1. The van der Waals surface area contributed by atoms with Gasteiger partial charge in [-0.25, -0.2) is 9.97 Å². The first-order valence-corrected chi connectivity index (χ1v) is 12.5. The predicted molar refractivity (Wildman–Crippen MR) is 140 cm³/mol. The Kier molecular flexibility index (Phi) is 7.40. The molecule has 1 saturated heterocycles. The monoisotopic (exact) mass is 461 g/mol. The van der Waals surface area contributed by atoms with Gasteiger partial charge < -0.3 is 0 Å². The zero-order chi connectivity index (χ0) is 23.9. The lowest BCUT2D eigenvalue weighted by Gasteiger charge is -2.26. The molecule has 5 rings (SSSR count). The molecule has 35 heavy (non-hydrogen) atoms. The van der Waals surface area contributed by atoms with Gasteiger partial charge in [-0.3, -0.25) is 9.69 Å². The predicted octanol–water partition coefficient (Wildman–Crippen LogP) is 6.15. The number of rotatable bonds is 8. The molecule has 0 saturated carbocycles. The van der Waals surface area contributed by atoms with Gasteiger partial charge in [-0.15, -0.1) is 0 Å². The number of aromatic nitrogens is 2. The highest BCUT2D eigenvalue weighted by molar-refractivity contribution is 5.97. The van der Waals surface area contributed by atoms with Gasteiger partial charge in [0, 0.05) is 36.7 Å². The van der Waals surface area contributed by atoms with Crippen molar-refractivity contribution in [3.05, 3.63) is 119 Å². The Morgan fingerprint density at radius 3 is 2.34 bits per heavy atom. The number of piperidine rings is 1. The maximum Gasteiger partial charge on any atom is 0.167 e. The van der Waals surface area contributed by atoms with E-state index in [1.165, 1.54) is 37.9 Å². The van der Waals surface area contributed by atoms with Crippen LogP contribution in [0.3, 0.4) is 0 Å². The smallest absolute Gasteiger partial charge is 0.167 e. The van der Waals surface area contributed by atoms with Crippen LogP contribution < -0.4 is 0 Å². The summed E-state index contributed by atoms with van der Waals surface area (Å²) in [5.41, 5.74) is 6.18. The first-order chi connectivity index (χ1) is 17.2. The first kappa shape index (κ1) is 23.1. The number of likely N-dealkylation sites (tertiary alicyclic amines) is 1. The van der Waals surface area contributed by atoms with E-state index in [9.17, 15) is 4.79 Å². The lowest BCUT2D eigenvalue weighted by molar-refractivity contribution is 0.0993. The molecule has 2 heterocycles. The molecule has 1 fully saturated rings. The summed E-state index contributed by atoms with van der Waals surface area (Å²) in [7, 11) is 0. The second kappa shape index (κ2) is 11.2. The number of carbonyl (C=O) groups is 1. The average molecular weight is 462 g/mol. The lowest BCUT2D eigenvalue weighted by atomic mass is 9.99. The largest absolute Gasteiger partial charge is 0.299 e. The van der Waals surface area contributed by atoms with Crippen LogP contribution in [0.15, 0.2) is 91.1 Å². The normalized spacial score (nSPS) is 14.1. The van der Waals surface area contributed by atoms with Gasteiger partial charge >= 0.3 is 0 Å². The second-order valence-corrected chi connectivity index (χ2v) is 9.35. The van der Waals surface area contributed by atoms with E-state index >= 15 is 0 Å². The standard InChI is InChI=1S/C31H31N3O/c35-30(28-14-12-24(13-15-28)23-34-18-5-2-6-19-34)21-25-8-7-9-26(20-25)22-31-32-17-16-29(33-31)27-10-3-1-4-11-27/h1,3-4,7-17,20H,2,5-6,18-19,21-23H2. The van der Waals surface area contributed by atoms with E-state index in [4.69, 9.17) is 4.98 Å². The molecular weight excluding hydrogens is 430 g/mol. The Morgan fingerprint density at radius 2 is 1.54 bits per heavy atom. The van der Waals surface area contributed by atoms with Crippen LogP contribution in [0.2, 0.25) is 0 Å².